The molecule has 3 aliphatic rings. The van der Waals surface area contributed by atoms with Crippen molar-refractivity contribution < 1.29 is 9.47 Å². The maximum absolute atomic E-state index is 6.21. The molecule has 2 aromatic rings. The first kappa shape index (κ1) is 10.5. The molecule has 19 heavy (non-hydrogen) atoms. The van der Waals surface area contributed by atoms with Gasteiger partial charge in [-0.05, 0) is 37.5 Å². The summed E-state index contributed by atoms with van der Waals surface area (Å²) in [5.74, 6) is -0.427. The SMILES string of the molecule is Cc1ccc2c(c1)c1c3n2CC2COC3(CCC1)O2. The van der Waals surface area contributed by atoms with Crippen LogP contribution in [0.2, 0.25) is 0 Å². The van der Waals surface area contributed by atoms with Crippen molar-refractivity contribution >= 4 is 10.9 Å². The molecule has 1 aliphatic carbocycles. The van der Waals surface area contributed by atoms with Gasteiger partial charge >= 0.3 is 0 Å². The minimum atomic E-state index is -0.427. The van der Waals surface area contributed by atoms with Gasteiger partial charge in [0.15, 0.2) is 0 Å². The van der Waals surface area contributed by atoms with Crippen LogP contribution in [-0.4, -0.2) is 17.3 Å². The van der Waals surface area contributed by atoms with Gasteiger partial charge in [0.05, 0.1) is 18.8 Å². The summed E-state index contributed by atoms with van der Waals surface area (Å²) in [4.78, 5) is 0. The average Bonchev–Trinajstić information content (AvgIpc) is 2.89. The zero-order valence-corrected chi connectivity index (χ0v) is 11.1. The lowest BCUT2D eigenvalue weighted by Gasteiger charge is -2.37. The molecule has 2 unspecified atom stereocenters. The zero-order valence-electron chi connectivity index (χ0n) is 11.1. The molecule has 3 heteroatoms. The Morgan fingerprint density at radius 1 is 1.37 bits per heavy atom. The molecule has 0 saturated carbocycles. The van der Waals surface area contributed by atoms with Crippen LogP contribution >= 0.6 is 0 Å². The van der Waals surface area contributed by atoms with Gasteiger partial charge in [-0.15, -0.1) is 0 Å². The molecule has 1 aromatic heterocycles. The van der Waals surface area contributed by atoms with E-state index in [0.29, 0.717) is 0 Å². The number of nitrogens with zero attached hydrogens (tertiary/aromatic N) is 1. The van der Waals surface area contributed by atoms with Crippen molar-refractivity contribution in [3.05, 3.63) is 35.0 Å². The van der Waals surface area contributed by atoms with Crippen LogP contribution in [0, 0.1) is 6.92 Å². The fraction of sp³-hybridized carbons (Fsp3) is 0.500. The topological polar surface area (TPSA) is 23.4 Å². The van der Waals surface area contributed by atoms with E-state index in [-0.39, 0.29) is 6.10 Å². The minimum Gasteiger partial charge on any atom is -0.342 e. The van der Waals surface area contributed by atoms with E-state index in [0.717, 1.165) is 32.4 Å². The zero-order chi connectivity index (χ0) is 12.6. The molecule has 2 atom stereocenters. The fourth-order valence-corrected chi connectivity index (χ4v) is 4.15. The van der Waals surface area contributed by atoms with Crippen molar-refractivity contribution in [3.63, 3.8) is 0 Å². The lowest BCUT2D eigenvalue weighted by Crippen LogP contribution is -2.39. The number of hydrogen-bond donors (Lipinski definition) is 0. The molecule has 5 rings (SSSR count). The number of fused-ring (bicyclic) bond motifs is 4. The summed E-state index contributed by atoms with van der Waals surface area (Å²) in [6.07, 6.45) is 3.55. The summed E-state index contributed by atoms with van der Waals surface area (Å²) >= 11 is 0. The fourth-order valence-electron chi connectivity index (χ4n) is 4.15. The van der Waals surface area contributed by atoms with Crippen molar-refractivity contribution in [2.24, 2.45) is 0 Å². The number of ether oxygens (including phenoxy) is 2. The van der Waals surface area contributed by atoms with Crippen LogP contribution in [0.1, 0.15) is 29.7 Å². The first-order chi connectivity index (χ1) is 9.27. The second-order valence-corrected chi connectivity index (χ2v) is 6.12. The minimum absolute atomic E-state index is 0.232. The molecule has 98 valence electrons. The number of benzene rings is 1. The van der Waals surface area contributed by atoms with Gasteiger partial charge in [-0.25, -0.2) is 0 Å². The van der Waals surface area contributed by atoms with Gasteiger partial charge in [-0.3, -0.25) is 0 Å². The molecule has 2 aliphatic heterocycles. The van der Waals surface area contributed by atoms with Crippen molar-refractivity contribution in [1.82, 2.24) is 4.57 Å². The van der Waals surface area contributed by atoms with E-state index >= 15 is 0 Å². The normalized spacial score (nSPS) is 31.7. The first-order valence-corrected chi connectivity index (χ1v) is 7.21. The lowest BCUT2D eigenvalue weighted by atomic mass is 9.90. The highest BCUT2D eigenvalue weighted by Crippen LogP contribution is 2.50. The Morgan fingerprint density at radius 2 is 2.32 bits per heavy atom. The number of rotatable bonds is 0. The van der Waals surface area contributed by atoms with Gasteiger partial charge in [-0.1, -0.05) is 11.6 Å². The molecule has 0 radical (unpaired) electrons. The van der Waals surface area contributed by atoms with Crippen LogP contribution in [0.3, 0.4) is 0 Å². The highest BCUT2D eigenvalue weighted by Gasteiger charge is 2.52. The Kier molecular flexibility index (Phi) is 1.77. The highest BCUT2D eigenvalue weighted by molar-refractivity contribution is 5.87. The number of hydrogen-bond acceptors (Lipinski definition) is 2. The van der Waals surface area contributed by atoms with Crippen molar-refractivity contribution in [1.29, 1.82) is 0 Å². The predicted octanol–water partition coefficient (Wildman–Crippen LogP) is 2.87. The van der Waals surface area contributed by atoms with Crippen molar-refractivity contribution in [2.45, 2.75) is 44.6 Å². The van der Waals surface area contributed by atoms with E-state index < -0.39 is 5.79 Å². The molecule has 1 spiro atoms. The third kappa shape index (κ3) is 1.16. The number of aryl methyl sites for hydroxylation is 2. The summed E-state index contributed by atoms with van der Waals surface area (Å²) in [6.45, 7) is 3.85. The third-order valence-electron chi connectivity index (χ3n) is 4.86. The first-order valence-electron chi connectivity index (χ1n) is 7.21. The summed E-state index contributed by atoms with van der Waals surface area (Å²) in [5, 5.41) is 1.41. The Balaban J connectivity index is 1.93. The van der Waals surface area contributed by atoms with Crippen LogP contribution < -0.4 is 0 Å². The average molecular weight is 255 g/mol. The standard InChI is InChI=1S/C16H17NO2/c1-10-4-5-14-13(7-10)12-3-2-6-16-15(12)17(14)8-11(19-16)9-18-16/h4-5,7,11H,2-3,6,8-9H2,1H3. The molecule has 3 nitrogen and oxygen atoms in total. The second-order valence-electron chi connectivity index (χ2n) is 6.12. The molecule has 1 aromatic carbocycles. The van der Waals surface area contributed by atoms with E-state index in [4.69, 9.17) is 9.47 Å². The van der Waals surface area contributed by atoms with E-state index in [1.165, 1.54) is 27.7 Å². The summed E-state index contributed by atoms with van der Waals surface area (Å²) in [6, 6.07) is 6.80. The van der Waals surface area contributed by atoms with Gasteiger partial charge in [0, 0.05) is 17.3 Å². The molecule has 1 saturated heterocycles. The molecular formula is C16H17NO2. The molecule has 1 fully saturated rings. The molecule has 3 heterocycles. The van der Waals surface area contributed by atoms with Crippen molar-refractivity contribution in [2.75, 3.05) is 6.61 Å². The van der Waals surface area contributed by atoms with Crippen LogP contribution in [-0.2, 0) is 28.2 Å². The summed E-state index contributed by atoms with van der Waals surface area (Å²) in [5.41, 5.74) is 5.47. The van der Waals surface area contributed by atoms with Gasteiger partial charge in [0.25, 0.3) is 0 Å². The largest absolute Gasteiger partial charge is 0.342 e. The smallest absolute Gasteiger partial charge is 0.211 e. The Labute approximate surface area is 112 Å². The van der Waals surface area contributed by atoms with Crippen LogP contribution in [0.25, 0.3) is 10.9 Å². The maximum Gasteiger partial charge on any atom is 0.211 e. The predicted molar refractivity (Wildman–Crippen MR) is 72.1 cm³/mol. The van der Waals surface area contributed by atoms with Gasteiger partial charge < -0.3 is 14.0 Å². The number of aromatic nitrogens is 1. The van der Waals surface area contributed by atoms with E-state index in [1.54, 1.807) is 0 Å². The van der Waals surface area contributed by atoms with E-state index in [9.17, 15) is 0 Å². The second kappa shape index (κ2) is 3.22. The monoisotopic (exact) mass is 255 g/mol. The Bertz CT molecular complexity index is 695. The summed E-state index contributed by atoms with van der Waals surface area (Å²) in [7, 11) is 0. The van der Waals surface area contributed by atoms with Crippen LogP contribution in [0.4, 0.5) is 0 Å². The highest BCUT2D eigenvalue weighted by atomic mass is 16.7. The summed E-state index contributed by atoms with van der Waals surface area (Å²) < 4.78 is 14.8. The molecule has 2 bridgehead atoms. The van der Waals surface area contributed by atoms with E-state index in [2.05, 4.69) is 29.7 Å². The molecule has 0 N–H and O–H groups in total. The van der Waals surface area contributed by atoms with Gasteiger partial charge in [0.1, 0.15) is 6.10 Å². The third-order valence-corrected chi connectivity index (χ3v) is 4.86. The van der Waals surface area contributed by atoms with Crippen LogP contribution in [0.15, 0.2) is 18.2 Å². The Hall–Kier alpha value is -1.32. The van der Waals surface area contributed by atoms with Gasteiger partial charge in [0.2, 0.25) is 5.79 Å². The Morgan fingerprint density at radius 3 is 3.26 bits per heavy atom. The maximum atomic E-state index is 6.21. The van der Waals surface area contributed by atoms with E-state index in [1.807, 2.05) is 0 Å². The quantitative estimate of drug-likeness (QED) is 0.722. The van der Waals surface area contributed by atoms with Crippen LogP contribution in [0.5, 0.6) is 0 Å². The molecular weight excluding hydrogens is 238 g/mol. The molecule has 0 amide bonds. The lowest BCUT2D eigenvalue weighted by molar-refractivity contribution is -0.201. The van der Waals surface area contributed by atoms with Crippen molar-refractivity contribution in [3.8, 4) is 0 Å². The van der Waals surface area contributed by atoms with Gasteiger partial charge in [-0.2, -0.15) is 0 Å².